The molecule has 4 atom stereocenters. The number of carbonyl (C=O) groups is 6. The average molecular weight is 633 g/mol. The van der Waals surface area contributed by atoms with Gasteiger partial charge >= 0.3 is 5.97 Å². The first kappa shape index (κ1) is 37.3. The molecule has 10 nitrogen and oxygen atoms in total. The molecule has 0 saturated heterocycles. The van der Waals surface area contributed by atoms with E-state index in [2.05, 4.69) is 23.8 Å². The van der Waals surface area contributed by atoms with Gasteiger partial charge in [-0.2, -0.15) is 0 Å². The number of esters is 1. The first-order valence-electron chi connectivity index (χ1n) is 15.2. The smallest absolute Gasteiger partial charge is 0.328 e. The lowest BCUT2D eigenvalue weighted by Crippen LogP contribution is -2.42. The van der Waals surface area contributed by atoms with E-state index in [0.29, 0.717) is 6.42 Å². The topological polar surface area (TPSA) is 156 Å². The van der Waals surface area contributed by atoms with Crippen molar-refractivity contribution in [1.29, 1.82) is 0 Å². The van der Waals surface area contributed by atoms with Crippen LogP contribution in [0.5, 0.6) is 5.75 Å². The predicted octanol–water partition coefficient (Wildman–Crippen LogP) is 3.85. The lowest BCUT2D eigenvalue weighted by molar-refractivity contribution is -0.145. The van der Waals surface area contributed by atoms with Crippen molar-refractivity contribution in [3.8, 4) is 5.75 Å². The summed E-state index contributed by atoms with van der Waals surface area (Å²) in [7, 11) is 1.19. The molecule has 246 valence electrons. The summed E-state index contributed by atoms with van der Waals surface area (Å²) in [5.41, 5.74) is 1.68. The van der Waals surface area contributed by atoms with Crippen LogP contribution in [0.1, 0.15) is 50.2 Å². The van der Waals surface area contributed by atoms with E-state index in [-0.39, 0.29) is 56.1 Å². The van der Waals surface area contributed by atoms with Crippen LogP contribution in [-0.2, 0) is 46.3 Å². The molecule has 2 aromatic carbocycles. The molecule has 0 radical (unpaired) electrons. The van der Waals surface area contributed by atoms with Crippen molar-refractivity contribution in [3.05, 3.63) is 91.0 Å². The zero-order valence-electron chi connectivity index (χ0n) is 26.5. The van der Waals surface area contributed by atoms with E-state index in [1.165, 1.54) is 13.2 Å². The molecule has 2 amide bonds. The van der Waals surface area contributed by atoms with Crippen molar-refractivity contribution in [2.24, 2.45) is 17.8 Å². The lowest BCUT2D eigenvalue weighted by atomic mass is 9.88. The second kappa shape index (κ2) is 19.5. The number of ether oxygens (including phenoxy) is 1. The number of hydrogen-bond acceptors (Lipinski definition) is 8. The summed E-state index contributed by atoms with van der Waals surface area (Å²) in [6, 6.07) is 14.6. The minimum Gasteiger partial charge on any atom is -0.508 e. The van der Waals surface area contributed by atoms with Crippen molar-refractivity contribution < 1.29 is 38.6 Å². The number of aromatic hydroxyl groups is 1. The van der Waals surface area contributed by atoms with Gasteiger partial charge in [-0.05, 0) is 48.9 Å². The Morgan fingerprint density at radius 1 is 0.826 bits per heavy atom. The SMILES string of the molecule is C=CC[C@@H](CC(=O)[C@@H](C)Cc1ccc(O)cc1)C(=O)NCC(=O)C[C@@H](Cc1ccccc1)C(=O)CC(=O)N[C@H](CC=C)C(=O)OC. The minimum absolute atomic E-state index is 0.0338. The lowest BCUT2D eigenvalue weighted by Gasteiger charge is -2.19. The molecule has 10 heteroatoms. The maximum absolute atomic E-state index is 13.2. The maximum atomic E-state index is 13.2. The van der Waals surface area contributed by atoms with Crippen LogP contribution in [0.3, 0.4) is 0 Å². The number of rotatable bonds is 21. The fraction of sp³-hybridized carbons (Fsp3) is 0.389. The molecule has 0 fully saturated rings. The third-order valence-electron chi connectivity index (χ3n) is 7.57. The molecule has 2 aromatic rings. The number of benzene rings is 2. The number of carbonyl (C=O) groups excluding carboxylic acids is 6. The van der Waals surface area contributed by atoms with Crippen molar-refractivity contribution >= 4 is 35.1 Å². The van der Waals surface area contributed by atoms with Gasteiger partial charge in [0.15, 0.2) is 5.78 Å². The Hall–Kier alpha value is -4.86. The first-order chi connectivity index (χ1) is 22.0. The van der Waals surface area contributed by atoms with Gasteiger partial charge in [-0.1, -0.05) is 61.5 Å². The fourth-order valence-electron chi connectivity index (χ4n) is 4.97. The van der Waals surface area contributed by atoms with Gasteiger partial charge in [0.25, 0.3) is 0 Å². The van der Waals surface area contributed by atoms with Gasteiger partial charge in [0, 0.05) is 30.6 Å². The second-order valence-corrected chi connectivity index (χ2v) is 11.3. The molecule has 0 heterocycles. The number of phenolic OH excluding ortho intramolecular Hbond substituents is 1. The van der Waals surface area contributed by atoms with Crippen molar-refractivity contribution in [3.63, 3.8) is 0 Å². The van der Waals surface area contributed by atoms with Gasteiger partial charge in [0.2, 0.25) is 11.8 Å². The molecule has 3 N–H and O–H groups in total. The number of amides is 2. The Labute approximate surface area is 270 Å². The Kier molecular flexibility index (Phi) is 15.8. The molecule has 0 aliphatic rings. The zero-order valence-corrected chi connectivity index (χ0v) is 26.5. The molecule has 0 spiro atoms. The third-order valence-corrected chi connectivity index (χ3v) is 7.57. The van der Waals surface area contributed by atoms with Crippen molar-refractivity contribution in [2.45, 2.75) is 57.9 Å². The zero-order chi connectivity index (χ0) is 34.1. The Morgan fingerprint density at radius 2 is 1.46 bits per heavy atom. The second-order valence-electron chi connectivity index (χ2n) is 11.3. The molecular formula is C36H44N2O8. The monoisotopic (exact) mass is 632 g/mol. The Bertz CT molecular complexity index is 1370. The van der Waals surface area contributed by atoms with Crippen LogP contribution in [0.4, 0.5) is 0 Å². The maximum Gasteiger partial charge on any atom is 0.328 e. The predicted molar refractivity (Wildman–Crippen MR) is 174 cm³/mol. The molecule has 0 bridgehead atoms. The van der Waals surface area contributed by atoms with Crippen LogP contribution in [-0.4, -0.2) is 59.9 Å². The first-order valence-corrected chi connectivity index (χ1v) is 15.2. The highest BCUT2D eigenvalue weighted by Gasteiger charge is 2.28. The minimum atomic E-state index is -0.988. The highest BCUT2D eigenvalue weighted by atomic mass is 16.5. The van der Waals surface area contributed by atoms with E-state index in [0.717, 1.165) is 11.1 Å². The average Bonchev–Trinajstić information content (AvgIpc) is 3.03. The molecule has 0 unspecified atom stereocenters. The Balaban J connectivity index is 2.02. The van der Waals surface area contributed by atoms with E-state index in [9.17, 15) is 33.9 Å². The largest absolute Gasteiger partial charge is 0.508 e. The van der Waals surface area contributed by atoms with E-state index in [1.807, 2.05) is 18.2 Å². The summed E-state index contributed by atoms with van der Waals surface area (Å²) < 4.78 is 4.69. The van der Waals surface area contributed by atoms with Gasteiger partial charge in [0.05, 0.1) is 20.1 Å². The molecule has 0 aliphatic carbocycles. The number of allylic oxidation sites excluding steroid dienone is 1. The van der Waals surface area contributed by atoms with E-state index in [4.69, 9.17) is 4.74 Å². The van der Waals surface area contributed by atoms with Gasteiger partial charge < -0.3 is 20.5 Å². The number of Topliss-reactive ketones (excluding diaryl/α,β-unsaturated/α-hetero) is 3. The highest BCUT2D eigenvalue weighted by molar-refractivity contribution is 6.02. The van der Waals surface area contributed by atoms with Gasteiger partial charge in [-0.25, -0.2) is 4.79 Å². The summed E-state index contributed by atoms with van der Waals surface area (Å²) >= 11 is 0. The van der Waals surface area contributed by atoms with Crippen LogP contribution in [0.15, 0.2) is 79.9 Å². The van der Waals surface area contributed by atoms with E-state index >= 15 is 0 Å². The van der Waals surface area contributed by atoms with Crippen molar-refractivity contribution in [1.82, 2.24) is 10.6 Å². The Morgan fingerprint density at radius 3 is 2.07 bits per heavy atom. The van der Waals surface area contributed by atoms with Crippen LogP contribution >= 0.6 is 0 Å². The van der Waals surface area contributed by atoms with E-state index < -0.39 is 53.6 Å². The fourth-order valence-corrected chi connectivity index (χ4v) is 4.97. The van der Waals surface area contributed by atoms with Crippen LogP contribution in [0.2, 0.25) is 0 Å². The molecule has 2 rings (SSSR count). The van der Waals surface area contributed by atoms with Crippen LogP contribution in [0, 0.1) is 17.8 Å². The van der Waals surface area contributed by atoms with Crippen LogP contribution in [0.25, 0.3) is 0 Å². The van der Waals surface area contributed by atoms with Crippen LogP contribution < -0.4 is 10.6 Å². The number of hydrogen-bond donors (Lipinski definition) is 3. The standard InChI is InChI=1S/C36H44N2O8/c1-5-10-27(21-32(41)24(3)18-26-14-16-29(39)17-15-26)35(44)37-23-30(40)20-28(19-25-12-8-7-9-13-25)33(42)22-34(43)38-31(11-6-2)36(45)46-4/h5-9,12-17,24,27-28,31,39H,1-2,10-11,18-23H2,3-4H3,(H,37,44)(H,38,43)/t24-,27-,28+,31+/m0/s1. The van der Waals surface area contributed by atoms with Crippen molar-refractivity contribution in [2.75, 3.05) is 13.7 Å². The quantitative estimate of drug-likeness (QED) is 0.106. The van der Waals surface area contributed by atoms with E-state index in [1.54, 1.807) is 49.4 Å². The van der Waals surface area contributed by atoms with Gasteiger partial charge in [-0.3, -0.25) is 24.0 Å². The summed E-state index contributed by atoms with van der Waals surface area (Å²) in [6.45, 7) is 8.68. The normalized spacial score (nSPS) is 13.3. The summed E-state index contributed by atoms with van der Waals surface area (Å²) in [6.07, 6.45) is 3.20. The number of nitrogens with one attached hydrogen (secondary N) is 2. The summed E-state index contributed by atoms with van der Waals surface area (Å²) in [4.78, 5) is 76.8. The summed E-state index contributed by atoms with van der Waals surface area (Å²) in [5, 5.41) is 14.6. The molecular weight excluding hydrogens is 588 g/mol. The summed E-state index contributed by atoms with van der Waals surface area (Å²) in [5.74, 6) is -4.64. The molecule has 0 saturated carbocycles. The molecule has 0 aliphatic heterocycles. The molecule has 46 heavy (non-hydrogen) atoms. The third kappa shape index (κ3) is 13.0. The van der Waals surface area contributed by atoms with Gasteiger partial charge in [0.1, 0.15) is 23.4 Å². The van der Waals surface area contributed by atoms with Gasteiger partial charge in [-0.15, -0.1) is 13.2 Å². The number of phenols is 1. The highest BCUT2D eigenvalue weighted by Crippen LogP contribution is 2.20. The molecule has 0 aromatic heterocycles. The number of methoxy groups -OCH3 is 1. The number of ketones is 3.